The standard InChI is InChI=1S/C22H21N9O2/c1-33-22(32)26-9-13-4-16(5-13)30-12-20(28-29-30)17-11-25-19(7-18(17)24)21-3-2-15-6-14(8-23)10-27-31(15)21/h2-3,6-7,10-13,16H,4-5,9H2,1H3,(H2,24,25)(H,26,32). The zero-order valence-corrected chi connectivity index (χ0v) is 17.8. The van der Waals surface area contributed by atoms with Gasteiger partial charge in [0.1, 0.15) is 11.8 Å². The number of amides is 1. The molecule has 0 aliphatic heterocycles. The van der Waals surface area contributed by atoms with Crippen LogP contribution in [0.5, 0.6) is 0 Å². The number of nitrogens with two attached hydrogens (primary N) is 1. The van der Waals surface area contributed by atoms with Crippen molar-refractivity contribution >= 4 is 17.3 Å². The molecule has 1 amide bonds. The maximum absolute atomic E-state index is 11.2. The monoisotopic (exact) mass is 443 g/mol. The van der Waals surface area contributed by atoms with Crippen molar-refractivity contribution in [1.29, 1.82) is 5.26 Å². The lowest BCUT2D eigenvalue weighted by molar-refractivity contribution is 0.150. The molecule has 1 saturated carbocycles. The number of aromatic nitrogens is 6. The number of carbonyl (C=O) groups excluding carboxylic acids is 1. The maximum atomic E-state index is 11.2. The second kappa shape index (κ2) is 8.23. The average molecular weight is 443 g/mol. The molecule has 0 aromatic carbocycles. The van der Waals surface area contributed by atoms with E-state index < -0.39 is 6.09 Å². The number of nitrogen functional groups attached to an aromatic ring is 1. The molecule has 3 N–H and O–H groups in total. The van der Waals surface area contributed by atoms with E-state index in [0.29, 0.717) is 40.7 Å². The molecule has 0 bridgehead atoms. The van der Waals surface area contributed by atoms with Crippen molar-refractivity contribution in [3.63, 3.8) is 0 Å². The van der Waals surface area contributed by atoms with Crippen molar-refractivity contribution in [2.24, 2.45) is 5.92 Å². The highest BCUT2D eigenvalue weighted by Crippen LogP contribution is 2.37. The van der Waals surface area contributed by atoms with Gasteiger partial charge in [-0.3, -0.25) is 4.98 Å². The van der Waals surface area contributed by atoms with Crippen LogP contribution in [-0.2, 0) is 4.74 Å². The van der Waals surface area contributed by atoms with E-state index in [9.17, 15) is 4.79 Å². The molecule has 11 nitrogen and oxygen atoms in total. The van der Waals surface area contributed by atoms with Crippen LogP contribution in [-0.4, -0.2) is 49.3 Å². The molecule has 0 radical (unpaired) electrons. The van der Waals surface area contributed by atoms with E-state index >= 15 is 0 Å². The smallest absolute Gasteiger partial charge is 0.406 e. The number of fused-ring (bicyclic) bond motifs is 1. The molecule has 166 valence electrons. The first-order chi connectivity index (χ1) is 16.1. The Bertz CT molecular complexity index is 1380. The normalized spacial score (nSPS) is 17.3. The second-order valence-electron chi connectivity index (χ2n) is 8.02. The van der Waals surface area contributed by atoms with Gasteiger partial charge in [-0.1, -0.05) is 5.21 Å². The van der Waals surface area contributed by atoms with E-state index in [1.807, 2.05) is 23.0 Å². The van der Waals surface area contributed by atoms with Crippen LogP contribution in [0.4, 0.5) is 10.5 Å². The van der Waals surface area contributed by atoms with Gasteiger partial charge < -0.3 is 15.8 Å². The van der Waals surface area contributed by atoms with E-state index in [1.165, 1.54) is 13.3 Å². The number of anilines is 1. The summed E-state index contributed by atoms with van der Waals surface area (Å²) in [4.78, 5) is 15.8. The van der Waals surface area contributed by atoms with Crippen LogP contribution >= 0.6 is 0 Å². The van der Waals surface area contributed by atoms with Crippen LogP contribution in [0.1, 0.15) is 24.4 Å². The van der Waals surface area contributed by atoms with Gasteiger partial charge in [0.15, 0.2) is 0 Å². The largest absolute Gasteiger partial charge is 0.453 e. The zero-order valence-electron chi connectivity index (χ0n) is 17.8. The van der Waals surface area contributed by atoms with E-state index in [0.717, 1.165) is 24.1 Å². The van der Waals surface area contributed by atoms with Crippen molar-refractivity contribution in [1.82, 2.24) is 34.9 Å². The average Bonchev–Trinajstić information content (AvgIpc) is 3.44. The third kappa shape index (κ3) is 3.82. The minimum Gasteiger partial charge on any atom is -0.453 e. The number of hydrogen-bond donors (Lipinski definition) is 2. The summed E-state index contributed by atoms with van der Waals surface area (Å²) in [6, 6.07) is 9.65. The van der Waals surface area contributed by atoms with E-state index in [-0.39, 0.29) is 6.04 Å². The summed E-state index contributed by atoms with van der Waals surface area (Å²) in [5, 5.41) is 24.7. The molecule has 0 unspecified atom stereocenters. The van der Waals surface area contributed by atoms with Gasteiger partial charge in [-0.2, -0.15) is 10.4 Å². The molecule has 4 aromatic heterocycles. The Morgan fingerprint density at radius 2 is 2.15 bits per heavy atom. The van der Waals surface area contributed by atoms with Crippen LogP contribution in [0.2, 0.25) is 0 Å². The van der Waals surface area contributed by atoms with Crippen LogP contribution < -0.4 is 11.1 Å². The highest BCUT2D eigenvalue weighted by Gasteiger charge is 2.31. The molecule has 0 saturated heterocycles. The highest BCUT2D eigenvalue weighted by atomic mass is 16.5. The summed E-state index contributed by atoms with van der Waals surface area (Å²) in [5.41, 5.74) is 11.0. The minimum atomic E-state index is -0.413. The molecule has 5 rings (SSSR count). The van der Waals surface area contributed by atoms with Crippen molar-refractivity contribution in [2.45, 2.75) is 18.9 Å². The van der Waals surface area contributed by atoms with Gasteiger partial charge in [-0.15, -0.1) is 5.10 Å². The van der Waals surface area contributed by atoms with Gasteiger partial charge >= 0.3 is 6.09 Å². The molecule has 1 fully saturated rings. The fourth-order valence-corrected chi connectivity index (χ4v) is 4.04. The Morgan fingerprint density at radius 1 is 1.30 bits per heavy atom. The summed E-state index contributed by atoms with van der Waals surface area (Å²) < 4.78 is 8.16. The number of pyridine rings is 1. The number of hydrogen-bond acceptors (Lipinski definition) is 8. The van der Waals surface area contributed by atoms with Crippen molar-refractivity contribution in [3.05, 3.63) is 48.4 Å². The Balaban J connectivity index is 1.31. The third-order valence-electron chi connectivity index (χ3n) is 5.92. The number of rotatable bonds is 5. The third-order valence-corrected chi connectivity index (χ3v) is 5.92. The maximum Gasteiger partial charge on any atom is 0.406 e. The van der Waals surface area contributed by atoms with Crippen LogP contribution in [0.15, 0.2) is 42.9 Å². The summed E-state index contributed by atoms with van der Waals surface area (Å²) in [7, 11) is 1.35. The first kappa shape index (κ1) is 20.4. The number of nitriles is 1. The van der Waals surface area contributed by atoms with Gasteiger partial charge in [0.2, 0.25) is 0 Å². The number of alkyl carbamates (subject to hydrolysis) is 1. The molecule has 1 aliphatic rings. The fourth-order valence-electron chi connectivity index (χ4n) is 4.04. The van der Waals surface area contributed by atoms with Crippen molar-refractivity contribution in [3.8, 4) is 28.7 Å². The Hall–Kier alpha value is -4.46. The summed E-state index contributed by atoms with van der Waals surface area (Å²) >= 11 is 0. The van der Waals surface area contributed by atoms with E-state index in [4.69, 9.17) is 11.0 Å². The molecule has 0 atom stereocenters. The fraction of sp³-hybridized carbons (Fsp3) is 0.273. The van der Waals surface area contributed by atoms with Gasteiger partial charge in [-0.05, 0) is 43.0 Å². The van der Waals surface area contributed by atoms with Crippen LogP contribution in [0.3, 0.4) is 0 Å². The number of nitrogens with zero attached hydrogens (tertiary/aromatic N) is 7. The van der Waals surface area contributed by atoms with Crippen LogP contribution in [0.25, 0.3) is 28.2 Å². The minimum absolute atomic E-state index is 0.237. The lowest BCUT2D eigenvalue weighted by atomic mass is 9.80. The lowest BCUT2D eigenvalue weighted by Crippen LogP contribution is -2.37. The molecule has 4 heterocycles. The molecule has 11 heteroatoms. The second-order valence-corrected chi connectivity index (χ2v) is 8.02. The molecular weight excluding hydrogens is 422 g/mol. The predicted octanol–water partition coefficient (Wildman–Crippen LogP) is 2.42. The van der Waals surface area contributed by atoms with Gasteiger partial charge in [0.25, 0.3) is 0 Å². The predicted molar refractivity (Wildman–Crippen MR) is 119 cm³/mol. The van der Waals surface area contributed by atoms with Gasteiger partial charge in [-0.25, -0.2) is 14.0 Å². The summed E-state index contributed by atoms with van der Waals surface area (Å²) in [5.74, 6) is 0.391. The van der Waals surface area contributed by atoms with Crippen molar-refractivity contribution < 1.29 is 9.53 Å². The Labute approximate surface area is 188 Å². The molecular formula is C22H21N9O2. The Kier molecular flexibility index (Phi) is 5.10. The molecule has 4 aromatic rings. The Morgan fingerprint density at radius 3 is 2.91 bits per heavy atom. The lowest BCUT2D eigenvalue weighted by Gasteiger charge is -2.34. The van der Waals surface area contributed by atoms with Crippen LogP contribution in [0, 0.1) is 17.2 Å². The number of ether oxygens (including phenoxy) is 1. The first-order valence-corrected chi connectivity index (χ1v) is 10.4. The molecule has 1 aliphatic carbocycles. The quantitative estimate of drug-likeness (QED) is 0.477. The highest BCUT2D eigenvalue weighted by molar-refractivity contribution is 5.77. The molecule has 0 spiro atoms. The SMILES string of the molecule is COC(=O)NCC1CC(n2cc(-c3cnc(-c4ccc5cc(C#N)cnn45)cc3N)nn2)C1. The topological polar surface area (TPSA) is 149 Å². The number of methoxy groups -OCH3 is 1. The summed E-state index contributed by atoms with van der Waals surface area (Å²) in [6.07, 6.45) is 6.47. The van der Waals surface area contributed by atoms with E-state index in [1.54, 1.807) is 22.8 Å². The number of carbonyl (C=O) groups is 1. The molecule has 33 heavy (non-hydrogen) atoms. The van der Waals surface area contributed by atoms with Crippen molar-refractivity contribution in [2.75, 3.05) is 19.4 Å². The van der Waals surface area contributed by atoms with Gasteiger partial charge in [0.05, 0.1) is 48.0 Å². The van der Waals surface area contributed by atoms with E-state index in [2.05, 4.69) is 36.5 Å². The first-order valence-electron chi connectivity index (χ1n) is 10.4. The number of nitrogens with one attached hydrogen (secondary N) is 1. The van der Waals surface area contributed by atoms with Gasteiger partial charge in [0, 0.05) is 24.0 Å². The summed E-state index contributed by atoms with van der Waals surface area (Å²) in [6.45, 7) is 0.587. The zero-order chi connectivity index (χ0) is 22.9.